The van der Waals surface area contributed by atoms with Gasteiger partial charge in [-0.1, -0.05) is 31.0 Å². The molecule has 0 spiro atoms. The number of methoxy groups -OCH3 is 1. The van der Waals surface area contributed by atoms with Crippen LogP contribution in [0.1, 0.15) is 56.3 Å². The first-order valence-electron chi connectivity index (χ1n) is 9.77. The number of rotatable bonds is 9. The monoisotopic (exact) mass is 418 g/mol. The molecule has 1 aromatic carbocycles. The second kappa shape index (κ2) is 10.3. The molecule has 1 heterocycles. The standard InChI is InChI=1S/C20H26N4O4S/c1-3-28-17-11-14(9-10-16(17)27-2)12-21-24-19(15-7-5-4-6-8-15)22-23-20(24)29-13-18(25)26/h9-12,15H,3-8,13H2,1-2H3,(H,25,26)/b21-12-. The van der Waals surface area contributed by atoms with E-state index in [9.17, 15) is 4.79 Å². The Kier molecular flexibility index (Phi) is 7.51. The van der Waals surface area contributed by atoms with Crippen molar-refractivity contribution in [3.8, 4) is 11.5 Å². The van der Waals surface area contributed by atoms with Crippen molar-refractivity contribution in [3.63, 3.8) is 0 Å². The molecule has 1 fully saturated rings. The zero-order chi connectivity index (χ0) is 20.6. The number of nitrogens with zero attached hydrogens (tertiary/aromatic N) is 4. The van der Waals surface area contributed by atoms with Crippen molar-refractivity contribution < 1.29 is 19.4 Å². The highest BCUT2D eigenvalue weighted by molar-refractivity contribution is 7.99. The molecule has 29 heavy (non-hydrogen) atoms. The average molecular weight is 419 g/mol. The zero-order valence-corrected chi connectivity index (χ0v) is 17.5. The van der Waals surface area contributed by atoms with Crippen molar-refractivity contribution in [2.24, 2.45) is 5.10 Å². The molecule has 1 aromatic heterocycles. The predicted molar refractivity (Wildman–Crippen MR) is 111 cm³/mol. The lowest BCUT2D eigenvalue weighted by molar-refractivity contribution is -0.133. The van der Waals surface area contributed by atoms with E-state index in [0.29, 0.717) is 29.2 Å². The van der Waals surface area contributed by atoms with E-state index < -0.39 is 5.97 Å². The summed E-state index contributed by atoms with van der Waals surface area (Å²) in [4.78, 5) is 11.0. The molecule has 0 radical (unpaired) electrons. The van der Waals surface area contributed by atoms with Gasteiger partial charge in [0.25, 0.3) is 0 Å². The second-order valence-electron chi connectivity index (χ2n) is 6.76. The summed E-state index contributed by atoms with van der Waals surface area (Å²) < 4.78 is 12.6. The van der Waals surface area contributed by atoms with Crippen LogP contribution in [-0.4, -0.2) is 51.6 Å². The molecular weight excluding hydrogens is 392 g/mol. The van der Waals surface area contributed by atoms with Gasteiger partial charge in [-0.2, -0.15) is 9.78 Å². The Morgan fingerprint density at radius 3 is 2.79 bits per heavy atom. The molecule has 9 heteroatoms. The minimum atomic E-state index is -0.899. The maximum absolute atomic E-state index is 11.0. The lowest BCUT2D eigenvalue weighted by Gasteiger charge is -2.20. The van der Waals surface area contributed by atoms with Crippen LogP contribution in [0.2, 0.25) is 0 Å². The van der Waals surface area contributed by atoms with Crippen LogP contribution in [0.4, 0.5) is 0 Å². The maximum Gasteiger partial charge on any atom is 0.313 e. The molecule has 0 atom stereocenters. The quantitative estimate of drug-likeness (QED) is 0.488. The third-order valence-corrected chi connectivity index (χ3v) is 5.65. The normalized spacial score (nSPS) is 15.0. The van der Waals surface area contributed by atoms with Crippen molar-refractivity contribution in [3.05, 3.63) is 29.6 Å². The lowest BCUT2D eigenvalue weighted by atomic mass is 9.89. The average Bonchev–Trinajstić information content (AvgIpc) is 3.14. The minimum Gasteiger partial charge on any atom is -0.493 e. The summed E-state index contributed by atoms with van der Waals surface area (Å²) in [6, 6.07) is 5.58. The van der Waals surface area contributed by atoms with Crippen molar-refractivity contribution in [2.75, 3.05) is 19.5 Å². The fourth-order valence-electron chi connectivity index (χ4n) is 3.38. The van der Waals surface area contributed by atoms with E-state index in [4.69, 9.17) is 14.6 Å². The largest absolute Gasteiger partial charge is 0.493 e. The van der Waals surface area contributed by atoms with E-state index in [0.717, 1.165) is 48.8 Å². The molecule has 0 amide bonds. The molecule has 1 N–H and O–H groups in total. The number of carbonyl (C=O) groups is 1. The van der Waals surface area contributed by atoms with Gasteiger partial charge in [0.15, 0.2) is 17.3 Å². The SMILES string of the molecule is CCOc1cc(/C=N\n2c(SCC(=O)O)nnc2C2CCCCC2)ccc1OC. The second-order valence-corrected chi connectivity index (χ2v) is 7.70. The maximum atomic E-state index is 11.0. The Morgan fingerprint density at radius 1 is 1.31 bits per heavy atom. The summed E-state index contributed by atoms with van der Waals surface area (Å²) in [5.41, 5.74) is 0.840. The van der Waals surface area contributed by atoms with Gasteiger partial charge in [0.05, 0.1) is 25.7 Å². The molecule has 1 saturated carbocycles. The lowest BCUT2D eigenvalue weighted by Crippen LogP contribution is -2.11. The zero-order valence-electron chi connectivity index (χ0n) is 16.7. The Morgan fingerprint density at radius 2 is 2.10 bits per heavy atom. The Labute approximate surface area is 174 Å². The first-order valence-corrected chi connectivity index (χ1v) is 10.8. The van der Waals surface area contributed by atoms with Gasteiger partial charge < -0.3 is 14.6 Å². The minimum absolute atomic E-state index is 0.0880. The first kappa shape index (κ1) is 21.2. The van der Waals surface area contributed by atoms with Crippen LogP contribution in [0, 0.1) is 0 Å². The first-order chi connectivity index (χ1) is 14.1. The number of hydrogen-bond donors (Lipinski definition) is 1. The molecular formula is C20H26N4O4S. The third-order valence-electron chi connectivity index (χ3n) is 4.74. The van der Waals surface area contributed by atoms with Crippen LogP contribution in [0.25, 0.3) is 0 Å². The highest BCUT2D eigenvalue weighted by atomic mass is 32.2. The summed E-state index contributed by atoms with van der Waals surface area (Å²) in [7, 11) is 1.60. The molecule has 0 aliphatic heterocycles. The molecule has 1 aliphatic rings. The van der Waals surface area contributed by atoms with Crippen molar-refractivity contribution >= 4 is 23.9 Å². The number of ether oxygens (including phenoxy) is 2. The summed E-state index contributed by atoms with van der Waals surface area (Å²) in [6.07, 6.45) is 7.37. The van der Waals surface area contributed by atoms with Crippen LogP contribution in [0.15, 0.2) is 28.5 Å². The van der Waals surface area contributed by atoms with Crippen LogP contribution in [0.5, 0.6) is 11.5 Å². The number of aliphatic carboxylic acids is 1. The number of carboxylic acids is 1. The topological polar surface area (TPSA) is 98.8 Å². The Hall–Kier alpha value is -2.55. The van der Waals surface area contributed by atoms with Crippen molar-refractivity contribution in [1.29, 1.82) is 0 Å². The summed E-state index contributed by atoms with van der Waals surface area (Å²) >= 11 is 1.12. The Bertz CT molecular complexity index is 862. The number of benzene rings is 1. The predicted octanol–water partition coefficient (Wildman–Crippen LogP) is 3.79. The van der Waals surface area contributed by atoms with Crippen LogP contribution < -0.4 is 9.47 Å². The summed E-state index contributed by atoms with van der Waals surface area (Å²) in [5, 5.41) is 22.7. The van der Waals surface area contributed by atoms with Gasteiger partial charge in [0.2, 0.25) is 5.16 Å². The van der Waals surface area contributed by atoms with E-state index in [1.807, 2.05) is 25.1 Å². The smallest absolute Gasteiger partial charge is 0.313 e. The van der Waals surface area contributed by atoms with Crippen LogP contribution in [0.3, 0.4) is 0 Å². The van der Waals surface area contributed by atoms with E-state index in [1.165, 1.54) is 6.42 Å². The van der Waals surface area contributed by atoms with E-state index in [1.54, 1.807) is 18.0 Å². The molecule has 2 aromatic rings. The summed E-state index contributed by atoms with van der Waals surface area (Å²) in [5.74, 6) is 1.42. The fourth-order valence-corrected chi connectivity index (χ4v) is 4.00. The van der Waals surface area contributed by atoms with E-state index >= 15 is 0 Å². The Balaban J connectivity index is 1.90. The van der Waals surface area contributed by atoms with Gasteiger partial charge >= 0.3 is 5.97 Å². The van der Waals surface area contributed by atoms with Gasteiger partial charge in [-0.05, 0) is 43.5 Å². The molecule has 0 unspecified atom stereocenters. The van der Waals surface area contributed by atoms with Crippen molar-refractivity contribution in [2.45, 2.75) is 50.1 Å². The molecule has 3 rings (SSSR count). The number of hydrogen-bond acceptors (Lipinski definition) is 7. The van der Waals surface area contributed by atoms with Crippen LogP contribution in [-0.2, 0) is 4.79 Å². The van der Waals surface area contributed by atoms with Crippen molar-refractivity contribution in [1.82, 2.24) is 14.9 Å². The summed E-state index contributed by atoms with van der Waals surface area (Å²) in [6.45, 7) is 2.45. The number of carboxylic acid groups (broad SMARTS) is 1. The highest BCUT2D eigenvalue weighted by Gasteiger charge is 2.24. The van der Waals surface area contributed by atoms with Crippen LogP contribution >= 0.6 is 11.8 Å². The molecule has 0 bridgehead atoms. The molecule has 8 nitrogen and oxygen atoms in total. The van der Waals surface area contributed by atoms with E-state index in [-0.39, 0.29) is 5.75 Å². The van der Waals surface area contributed by atoms with Gasteiger partial charge in [-0.3, -0.25) is 4.79 Å². The number of thioether (sulfide) groups is 1. The van der Waals surface area contributed by atoms with Gasteiger partial charge in [0.1, 0.15) is 0 Å². The van der Waals surface area contributed by atoms with E-state index in [2.05, 4.69) is 15.3 Å². The highest BCUT2D eigenvalue weighted by Crippen LogP contribution is 2.33. The number of aromatic nitrogens is 3. The third kappa shape index (κ3) is 5.50. The van der Waals surface area contributed by atoms with Gasteiger partial charge in [-0.25, -0.2) is 0 Å². The fraction of sp³-hybridized carbons (Fsp3) is 0.500. The molecule has 156 valence electrons. The van der Waals surface area contributed by atoms with Gasteiger partial charge in [-0.15, -0.1) is 10.2 Å². The van der Waals surface area contributed by atoms with Gasteiger partial charge in [0, 0.05) is 5.92 Å². The molecule has 1 aliphatic carbocycles. The molecule has 0 saturated heterocycles.